The molecule has 2 aromatic heterocycles. The van der Waals surface area contributed by atoms with Gasteiger partial charge in [-0.2, -0.15) is 0 Å². The zero-order valence-corrected chi connectivity index (χ0v) is 14.6. The molecule has 0 aliphatic carbocycles. The van der Waals surface area contributed by atoms with Crippen LogP contribution in [0.15, 0.2) is 47.4 Å². The molecular weight excluding hydrogens is 346 g/mol. The second-order valence-electron chi connectivity index (χ2n) is 6.50. The third-order valence-electron chi connectivity index (χ3n) is 4.73. The van der Waals surface area contributed by atoms with Gasteiger partial charge in [-0.1, -0.05) is 12.1 Å². The van der Waals surface area contributed by atoms with E-state index in [1.807, 2.05) is 18.2 Å². The van der Waals surface area contributed by atoms with Crippen LogP contribution in [0.5, 0.6) is 0 Å². The molecule has 8 heteroatoms. The number of aromatic carboxylic acids is 1. The van der Waals surface area contributed by atoms with Gasteiger partial charge in [0.2, 0.25) is 0 Å². The van der Waals surface area contributed by atoms with Crippen molar-refractivity contribution in [2.24, 2.45) is 0 Å². The molecule has 0 radical (unpaired) electrons. The minimum Gasteiger partial charge on any atom is -0.478 e. The number of benzene rings is 1. The first-order valence-electron chi connectivity index (χ1n) is 8.75. The fourth-order valence-electron chi connectivity index (χ4n) is 3.26. The van der Waals surface area contributed by atoms with Gasteiger partial charge >= 0.3 is 5.97 Å². The fourth-order valence-corrected chi connectivity index (χ4v) is 3.26. The molecule has 3 aromatic rings. The Balaban J connectivity index is 1.41. The lowest BCUT2D eigenvalue weighted by molar-refractivity contribution is 0.0696. The number of hydrogen-bond acceptors (Lipinski definition) is 6. The zero-order valence-electron chi connectivity index (χ0n) is 14.6. The molecule has 1 aliphatic heterocycles. The topological polar surface area (TPSA) is 102 Å². The van der Waals surface area contributed by atoms with E-state index in [0.29, 0.717) is 23.3 Å². The van der Waals surface area contributed by atoms with E-state index in [2.05, 4.69) is 24.8 Å². The van der Waals surface area contributed by atoms with Crippen molar-refractivity contribution in [3.63, 3.8) is 0 Å². The van der Waals surface area contributed by atoms with E-state index in [0.717, 1.165) is 32.0 Å². The molecule has 0 amide bonds. The number of carboxylic acids is 1. The van der Waals surface area contributed by atoms with Crippen LogP contribution < -0.4 is 10.5 Å². The van der Waals surface area contributed by atoms with Crippen molar-refractivity contribution in [1.29, 1.82) is 0 Å². The van der Waals surface area contributed by atoms with Crippen molar-refractivity contribution in [2.45, 2.75) is 6.54 Å². The van der Waals surface area contributed by atoms with Crippen LogP contribution in [0.1, 0.15) is 16.2 Å². The number of para-hydroxylation sites is 1. The lowest BCUT2D eigenvalue weighted by atomic mass is 10.2. The number of carbonyl (C=O) groups is 1. The molecule has 0 atom stereocenters. The first kappa shape index (κ1) is 17.2. The molecule has 4 rings (SSSR count). The standard InChI is InChI=1S/C19H19N5O3/c25-18-14-3-1-2-4-15(14)21-16(22-18)12-23-7-9-24(10-8-23)17-6-5-13(11-20-17)19(26)27/h1-6,11H,7-10,12H2,(H,26,27)(H,21,22,25). The minimum atomic E-state index is -0.976. The summed E-state index contributed by atoms with van der Waals surface area (Å²) >= 11 is 0. The maximum atomic E-state index is 12.2. The van der Waals surface area contributed by atoms with Gasteiger partial charge in [0, 0.05) is 32.4 Å². The van der Waals surface area contributed by atoms with Crippen molar-refractivity contribution in [1.82, 2.24) is 19.9 Å². The van der Waals surface area contributed by atoms with Crippen LogP contribution in [0.25, 0.3) is 10.9 Å². The van der Waals surface area contributed by atoms with Gasteiger partial charge in [0.05, 0.1) is 23.0 Å². The highest BCUT2D eigenvalue weighted by atomic mass is 16.4. The molecule has 3 heterocycles. The predicted molar refractivity (Wildman–Crippen MR) is 101 cm³/mol. The Morgan fingerprint density at radius 2 is 1.89 bits per heavy atom. The van der Waals surface area contributed by atoms with Crippen LogP contribution in [0.4, 0.5) is 5.82 Å². The summed E-state index contributed by atoms with van der Waals surface area (Å²) in [6.07, 6.45) is 1.38. The van der Waals surface area contributed by atoms with Crippen LogP contribution >= 0.6 is 0 Å². The van der Waals surface area contributed by atoms with Crippen LogP contribution in [-0.4, -0.2) is 57.1 Å². The van der Waals surface area contributed by atoms with Gasteiger partial charge in [0.15, 0.2) is 0 Å². The summed E-state index contributed by atoms with van der Waals surface area (Å²) in [5.41, 5.74) is 0.776. The van der Waals surface area contributed by atoms with Crippen molar-refractivity contribution in [2.75, 3.05) is 31.1 Å². The molecule has 1 aliphatic rings. The third-order valence-corrected chi connectivity index (χ3v) is 4.73. The van der Waals surface area contributed by atoms with E-state index in [9.17, 15) is 9.59 Å². The third kappa shape index (κ3) is 3.65. The highest BCUT2D eigenvalue weighted by Gasteiger charge is 2.19. The Hall–Kier alpha value is -3.26. The van der Waals surface area contributed by atoms with E-state index in [1.165, 1.54) is 6.20 Å². The zero-order chi connectivity index (χ0) is 18.8. The van der Waals surface area contributed by atoms with E-state index >= 15 is 0 Å². The summed E-state index contributed by atoms with van der Waals surface area (Å²) in [5, 5.41) is 9.55. The average Bonchev–Trinajstić information content (AvgIpc) is 2.69. The van der Waals surface area contributed by atoms with E-state index in [1.54, 1.807) is 18.2 Å². The number of pyridine rings is 1. The number of H-pyrrole nitrogens is 1. The number of piperazine rings is 1. The van der Waals surface area contributed by atoms with E-state index < -0.39 is 5.97 Å². The summed E-state index contributed by atoms with van der Waals surface area (Å²) in [5.74, 6) is 0.462. The summed E-state index contributed by atoms with van der Waals surface area (Å²) in [4.78, 5) is 39.1. The van der Waals surface area contributed by atoms with Gasteiger partial charge in [0.25, 0.3) is 5.56 Å². The van der Waals surface area contributed by atoms with Crippen molar-refractivity contribution < 1.29 is 9.90 Å². The largest absolute Gasteiger partial charge is 0.478 e. The molecule has 0 bridgehead atoms. The molecule has 1 fully saturated rings. The number of rotatable bonds is 4. The lowest BCUT2D eigenvalue weighted by Crippen LogP contribution is -2.46. The number of carboxylic acid groups (broad SMARTS) is 1. The highest BCUT2D eigenvalue weighted by molar-refractivity contribution is 5.87. The predicted octanol–water partition coefficient (Wildman–Crippen LogP) is 1.34. The molecule has 8 nitrogen and oxygen atoms in total. The summed E-state index contributed by atoms with van der Waals surface area (Å²) in [7, 11) is 0. The molecule has 1 aromatic carbocycles. The molecule has 0 spiro atoms. The average molecular weight is 365 g/mol. The van der Waals surface area contributed by atoms with Crippen molar-refractivity contribution >= 4 is 22.7 Å². The molecule has 0 unspecified atom stereocenters. The van der Waals surface area contributed by atoms with Gasteiger partial charge < -0.3 is 15.0 Å². The molecular formula is C19H19N5O3. The van der Waals surface area contributed by atoms with Crippen molar-refractivity contribution in [3.05, 3.63) is 64.3 Å². The molecule has 0 saturated carbocycles. The second-order valence-corrected chi connectivity index (χ2v) is 6.50. The van der Waals surface area contributed by atoms with Gasteiger partial charge in [-0.3, -0.25) is 9.69 Å². The van der Waals surface area contributed by atoms with Crippen LogP contribution in [-0.2, 0) is 6.54 Å². The monoisotopic (exact) mass is 365 g/mol. The molecule has 138 valence electrons. The Bertz CT molecular complexity index is 1020. The minimum absolute atomic E-state index is 0.114. The van der Waals surface area contributed by atoms with Gasteiger partial charge in [-0.25, -0.2) is 14.8 Å². The number of aromatic nitrogens is 3. The summed E-state index contributed by atoms with van der Waals surface area (Å²) in [6.45, 7) is 3.74. The van der Waals surface area contributed by atoms with E-state index in [4.69, 9.17) is 5.11 Å². The number of anilines is 1. The summed E-state index contributed by atoms with van der Waals surface area (Å²) < 4.78 is 0. The molecule has 2 N–H and O–H groups in total. The maximum absolute atomic E-state index is 12.2. The molecule has 1 saturated heterocycles. The SMILES string of the molecule is O=C(O)c1ccc(N2CCN(Cc3nc4ccccc4c(=O)[nH]3)CC2)nc1. The quantitative estimate of drug-likeness (QED) is 0.719. The second kappa shape index (κ2) is 7.16. The smallest absolute Gasteiger partial charge is 0.337 e. The fraction of sp³-hybridized carbons (Fsp3) is 0.263. The van der Waals surface area contributed by atoms with Gasteiger partial charge in [-0.15, -0.1) is 0 Å². The van der Waals surface area contributed by atoms with E-state index in [-0.39, 0.29) is 11.1 Å². The first-order valence-corrected chi connectivity index (χ1v) is 8.75. The van der Waals surface area contributed by atoms with Crippen LogP contribution in [0, 0.1) is 0 Å². The number of nitrogens with zero attached hydrogens (tertiary/aromatic N) is 4. The Morgan fingerprint density at radius 1 is 1.11 bits per heavy atom. The Labute approximate surface area is 155 Å². The highest BCUT2D eigenvalue weighted by Crippen LogP contribution is 2.15. The molecule has 27 heavy (non-hydrogen) atoms. The number of hydrogen-bond donors (Lipinski definition) is 2. The van der Waals surface area contributed by atoms with Crippen molar-refractivity contribution in [3.8, 4) is 0 Å². The number of aromatic amines is 1. The number of nitrogens with one attached hydrogen (secondary N) is 1. The Morgan fingerprint density at radius 3 is 2.59 bits per heavy atom. The van der Waals surface area contributed by atoms with Crippen LogP contribution in [0.3, 0.4) is 0 Å². The Kier molecular flexibility index (Phi) is 4.55. The van der Waals surface area contributed by atoms with Crippen LogP contribution in [0.2, 0.25) is 0 Å². The number of fused-ring (bicyclic) bond motifs is 1. The maximum Gasteiger partial charge on any atom is 0.337 e. The lowest BCUT2D eigenvalue weighted by Gasteiger charge is -2.35. The van der Waals surface area contributed by atoms with Gasteiger partial charge in [-0.05, 0) is 24.3 Å². The first-order chi connectivity index (χ1) is 13.1. The normalized spacial score (nSPS) is 15.2. The summed E-state index contributed by atoms with van der Waals surface area (Å²) in [6, 6.07) is 10.6. The van der Waals surface area contributed by atoms with Gasteiger partial charge in [0.1, 0.15) is 11.6 Å².